The summed E-state index contributed by atoms with van der Waals surface area (Å²) in [6.45, 7) is 1.76. The quantitative estimate of drug-likeness (QED) is 0.477. The minimum absolute atomic E-state index is 0.258. The largest absolute Gasteiger partial charge is 0.465 e. The predicted octanol–water partition coefficient (Wildman–Crippen LogP) is 3.40. The van der Waals surface area contributed by atoms with Gasteiger partial charge in [-0.3, -0.25) is 4.79 Å². The fourth-order valence-corrected chi connectivity index (χ4v) is 1.82. The van der Waals surface area contributed by atoms with Crippen LogP contribution in [0.1, 0.15) is 18.2 Å². The lowest BCUT2D eigenvalue weighted by atomic mass is 10.4. The number of thiophene rings is 2. The van der Waals surface area contributed by atoms with Crippen molar-refractivity contribution in [2.45, 2.75) is 13.3 Å². The first kappa shape index (κ1) is 14.5. The fraction of sp³-hybridized carbons (Fsp3) is 0.214. The monoisotopic (exact) mass is 276 g/mol. The summed E-state index contributed by atoms with van der Waals surface area (Å²) >= 11 is 3.07. The summed E-state index contributed by atoms with van der Waals surface area (Å²) in [6.07, 6.45) is 0.581. The number of carbonyl (C=O) groups excluding carboxylic acids is 1. The Morgan fingerprint density at radius 3 is 2.83 bits per heavy atom. The van der Waals surface area contributed by atoms with E-state index in [4.69, 9.17) is 4.74 Å². The van der Waals surface area contributed by atoms with Gasteiger partial charge in [-0.1, -0.05) is 17.9 Å². The maximum absolute atomic E-state index is 10.4. The van der Waals surface area contributed by atoms with Crippen molar-refractivity contribution in [2.24, 2.45) is 0 Å². The molecule has 0 aliphatic heterocycles. The maximum Gasteiger partial charge on any atom is 0.302 e. The van der Waals surface area contributed by atoms with Crippen molar-refractivity contribution in [2.75, 3.05) is 6.61 Å². The van der Waals surface area contributed by atoms with Crippen LogP contribution in [0.25, 0.3) is 0 Å². The van der Waals surface area contributed by atoms with Crippen molar-refractivity contribution < 1.29 is 9.53 Å². The molecule has 2 rings (SSSR count). The van der Waals surface area contributed by atoms with E-state index in [0.29, 0.717) is 13.0 Å². The van der Waals surface area contributed by atoms with Crippen molar-refractivity contribution >= 4 is 28.6 Å². The second kappa shape index (κ2) is 9.46. The van der Waals surface area contributed by atoms with E-state index in [0.717, 1.165) is 4.88 Å². The lowest BCUT2D eigenvalue weighted by molar-refractivity contribution is -0.140. The molecule has 0 spiro atoms. The average Bonchev–Trinajstić information content (AvgIpc) is 3.04. The van der Waals surface area contributed by atoms with Crippen LogP contribution in [0.2, 0.25) is 0 Å². The fourth-order valence-electron chi connectivity index (χ4n) is 0.900. The lowest BCUT2D eigenvalue weighted by Crippen LogP contribution is -1.98. The molecule has 2 heterocycles. The Kier molecular flexibility index (Phi) is 7.61. The molecule has 2 aromatic rings. The van der Waals surface area contributed by atoms with Gasteiger partial charge in [0.05, 0.1) is 4.88 Å². The molecular formula is C14H12O2S2. The van der Waals surface area contributed by atoms with Gasteiger partial charge in [0.2, 0.25) is 0 Å². The van der Waals surface area contributed by atoms with Crippen LogP contribution in [-0.4, -0.2) is 12.6 Å². The molecule has 2 aromatic heterocycles. The Balaban J connectivity index is 0.000000269. The molecular weight excluding hydrogens is 264 g/mol. The Morgan fingerprint density at radius 1 is 1.44 bits per heavy atom. The first-order valence-corrected chi connectivity index (χ1v) is 6.96. The van der Waals surface area contributed by atoms with Crippen molar-refractivity contribution in [1.82, 2.24) is 0 Å². The normalized spacial score (nSPS) is 8.50. The van der Waals surface area contributed by atoms with E-state index < -0.39 is 0 Å². The second-order valence-corrected chi connectivity index (χ2v) is 4.66. The second-order valence-electron chi connectivity index (χ2n) is 3.04. The van der Waals surface area contributed by atoms with Gasteiger partial charge in [0.1, 0.15) is 6.61 Å². The van der Waals surface area contributed by atoms with E-state index in [9.17, 15) is 4.79 Å². The molecule has 0 bridgehead atoms. The molecule has 0 aliphatic carbocycles. The van der Waals surface area contributed by atoms with Gasteiger partial charge in [0.15, 0.2) is 0 Å². The zero-order chi connectivity index (χ0) is 13.1. The Hall–Kier alpha value is -1.57. The van der Waals surface area contributed by atoms with Crippen LogP contribution in [0.5, 0.6) is 0 Å². The molecule has 0 saturated heterocycles. The zero-order valence-electron chi connectivity index (χ0n) is 9.93. The van der Waals surface area contributed by atoms with E-state index >= 15 is 0 Å². The molecule has 18 heavy (non-hydrogen) atoms. The summed E-state index contributed by atoms with van der Waals surface area (Å²) < 4.78 is 4.72. The molecule has 0 amide bonds. The van der Waals surface area contributed by atoms with Crippen LogP contribution >= 0.6 is 22.7 Å². The van der Waals surface area contributed by atoms with Crippen LogP contribution in [0.15, 0.2) is 29.6 Å². The zero-order valence-corrected chi connectivity index (χ0v) is 11.6. The first-order valence-electron chi connectivity index (χ1n) is 5.26. The molecule has 2 nitrogen and oxygen atoms in total. The Labute approximate surface area is 115 Å². The molecule has 0 aliphatic rings. The van der Waals surface area contributed by atoms with Crippen LogP contribution in [0, 0.1) is 22.6 Å². The van der Waals surface area contributed by atoms with Gasteiger partial charge in [0.25, 0.3) is 0 Å². The first-order chi connectivity index (χ1) is 8.79. The summed E-state index contributed by atoms with van der Waals surface area (Å²) in [4.78, 5) is 11.4. The molecule has 4 heteroatoms. The van der Waals surface area contributed by atoms with Crippen molar-refractivity contribution in [3.63, 3.8) is 0 Å². The van der Waals surface area contributed by atoms with Gasteiger partial charge < -0.3 is 4.74 Å². The standard InChI is InChI=1S/C10H9O2S.C4H3S/c1-9(11)12-7-3-2-5-10-6-4-8-13-10;1-2-4-5-3-1/h4,6H,3,7H2,1H3;1-3H. The molecule has 2 radical (unpaired) electrons. The SMILES string of the molecule is CC(=O)OCCC#Cc1cc[c]s1.[c]1cccs1. The van der Waals surface area contributed by atoms with E-state index in [-0.39, 0.29) is 5.97 Å². The molecule has 0 fully saturated rings. The highest BCUT2D eigenvalue weighted by atomic mass is 32.1. The number of hydrogen-bond donors (Lipinski definition) is 0. The van der Waals surface area contributed by atoms with Gasteiger partial charge in [-0.25, -0.2) is 0 Å². The van der Waals surface area contributed by atoms with E-state index in [1.807, 2.05) is 29.6 Å². The van der Waals surface area contributed by atoms with Gasteiger partial charge in [-0.2, -0.15) is 0 Å². The molecule has 0 unspecified atom stereocenters. The highest BCUT2D eigenvalue weighted by Crippen LogP contribution is 2.04. The van der Waals surface area contributed by atoms with Gasteiger partial charge in [-0.15, -0.1) is 22.7 Å². The Bertz CT molecular complexity index is 458. The summed E-state index contributed by atoms with van der Waals surface area (Å²) in [5.41, 5.74) is 0. The topological polar surface area (TPSA) is 26.3 Å². The van der Waals surface area contributed by atoms with Gasteiger partial charge >= 0.3 is 5.97 Å². The van der Waals surface area contributed by atoms with E-state index in [1.54, 1.807) is 11.3 Å². The van der Waals surface area contributed by atoms with Crippen LogP contribution in [-0.2, 0) is 9.53 Å². The molecule has 92 valence electrons. The molecule has 0 saturated carbocycles. The highest BCUT2D eigenvalue weighted by molar-refractivity contribution is 7.10. The van der Waals surface area contributed by atoms with E-state index in [2.05, 4.69) is 22.6 Å². The van der Waals surface area contributed by atoms with Gasteiger partial charge in [-0.05, 0) is 23.6 Å². The maximum atomic E-state index is 10.4. The number of rotatable bonds is 2. The number of ether oxygens (including phenoxy) is 1. The van der Waals surface area contributed by atoms with E-state index in [1.165, 1.54) is 18.3 Å². The average molecular weight is 276 g/mol. The number of carbonyl (C=O) groups is 1. The summed E-state index contributed by atoms with van der Waals surface area (Å²) in [5.74, 6) is 5.59. The summed E-state index contributed by atoms with van der Waals surface area (Å²) in [5, 5.41) is 7.83. The summed E-state index contributed by atoms with van der Waals surface area (Å²) in [6, 6.07) is 7.60. The van der Waals surface area contributed by atoms with Crippen molar-refractivity contribution in [3.05, 3.63) is 45.3 Å². The molecule has 0 N–H and O–H groups in total. The minimum atomic E-state index is -0.258. The number of hydrogen-bond acceptors (Lipinski definition) is 4. The summed E-state index contributed by atoms with van der Waals surface area (Å²) in [7, 11) is 0. The minimum Gasteiger partial charge on any atom is -0.465 e. The van der Waals surface area contributed by atoms with Crippen LogP contribution in [0.3, 0.4) is 0 Å². The highest BCUT2D eigenvalue weighted by Gasteiger charge is 1.89. The molecule has 0 atom stereocenters. The lowest BCUT2D eigenvalue weighted by Gasteiger charge is -1.94. The number of esters is 1. The smallest absolute Gasteiger partial charge is 0.302 e. The Morgan fingerprint density at radius 2 is 2.33 bits per heavy atom. The van der Waals surface area contributed by atoms with Crippen molar-refractivity contribution in [3.8, 4) is 11.8 Å². The van der Waals surface area contributed by atoms with Crippen molar-refractivity contribution in [1.29, 1.82) is 0 Å². The van der Waals surface area contributed by atoms with Crippen LogP contribution in [0.4, 0.5) is 0 Å². The van der Waals surface area contributed by atoms with Crippen LogP contribution < -0.4 is 0 Å². The van der Waals surface area contributed by atoms with Gasteiger partial charge in [0, 0.05) is 24.1 Å². The molecule has 0 aromatic carbocycles. The third kappa shape index (κ3) is 7.66. The third-order valence-electron chi connectivity index (χ3n) is 1.59. The predicted molar refractivity (Wildman–Crippen MR) is 74.4 cm³/mol. The third-order valence-corrected chi connectivity index (χ3v) is 2.87.